The third-order valence-electron chi connectivity index (χ3n) is 2.47. The Labute approximate surface area is 125 Å². The van der Waals surface area contributed by atoms with Gasteiger partial charge >= 0.3 is 0 Å². The van der Waals surface area contributed by atoms with Gasteiger partial charge in [-0.15, -0.1) is 11.3 Å². The van der Waals surface area contributed by atoms with Crippen molar-refractivity contribution in [3.05, 3.63) is 38.9 Å². The molecule has 1 unspecified atom stereocenters. The van der Waals surface area contributed by atoms with Crippen molar-refractivity contribution >= 4 is 44.3 Å². The summed E-state index contributed by atoms with van der Waals surface area (Å²) in [5.41, 5.74) is 0.958. The van der Waals surface area contributed by atoms with Crippen molar-refractivity contribution < 1.29 is 13.2 Å². The number of hydrogen-bond acceptors (Lipinski definition) is 5. The zero-order valence-electron chi connectivity index (χ0n) is 10.00. The predicted octanol–water partition coefficient (Wildman–Crippen LogP) is 3.13. The lowest BCUT2D eigenvalue weighted by Gasteiger charge is -2.14. The van der Waals surface area contributed by atoms with E-state index >= 15 is 0 Å². The minimum atomic E-state index is -3.53. The number of sulfonamides is 1. The highest BCUT2D eigenvalue weighted by Gasteiger charge is 2.19. The molecule has 0 spiro atoms. The summed E-state index contributed by atoms with van der Waals surface area (Å²) in [5, 5.41) is 3.86. The Bertz CT molecular complexity index is 621. The van der Waals surface area contributed by atoms with E-state index in [-0.39, 0.29) is 16.9 Å². The van der Waals surface area contributed by atoms with Crippen LogP contribution in [0.3, 0.4) is 0 Å². The predicted molar refractivity (Wildman–Crippen MR) is 78.6 cm³/mol. The Hall–Kier alpha value is -0.440. The van der Waals surface area contributed by atoms with E-state index < -0.39 is 10.0 Å². The number of halogens is 1. The number of ether oxygens (including phenoxy) is 1. The quantitative estimate of drug-likeness (QED) is 0.881. The van der Waals surface area contributed by atoms with Crippen molar-refractivity contribution in [2.75, 3.05) is 13.7 Å². The van der Waals surface area contributed by atoms with E-state index in [0.29, 0.717) is 4.34 Å². The fraction of sp³-hybridized carbons (Fsp3) is 0.273. The first-order valence-electron chi connectivity index (χ1n) is 5.33. The lowest BCUT2D eigenvalue weighted by atomic mass is 10.2. The van der Waals surface area contributed by atoms with Gasteiger partial charge in [-0.3, -0.25) is 0 Å². The average Bonchev–Trinajstić information content (AvgIpc) is 3.01. The molecule has 2 heterocycles. The molecule has 0 aromatic carbocycles. The van der Waals surface area contributed by atoms with Gasteiger partial charge < -0.3 is 4.74 Å². The Kier molecular flexibility index (Phi) is 4.99. The number of nitrogens with one attached hydrogen (secondary N) is 1. The fourth-order valence-electron chi connectivity index (χ4n) is 1.49. The third-order valence-corrected chi connectivity index (χ3v) is 6.32. The largest absolute Gasteiger partial charge is 0.375 e. The molecule has 0 bridgehead atoms. The first kappa shape index (κ1) is 15.0. The van der Waals surface area contributed by atoms with Gasteiger partial charge in [-0.2, -0.15) is 11.3 Å². The van der Waals surface area contributed by atoms with Crippen molar-refractivity contribution in [3.8, 4) is 0 Å². The van der Waals surface area contributed by atoms with E-state index in [1.807, 2.05) is 16.8 Å². The summed E-state index contributed by atoms with van der Waals surface area (Å²) < 4.78 is 32.5. The van der Waals surface area contributed by atoms with Gasteiger partial charge in [0.2, 0.25) is 10.0 Å². The Morgan fingerprint density at radius 1 is 1.42 bits per heavy atom. The highest BCUT2D eigenvalue weighted by atomic mass is 35.5. The molecule has 2 aromatic rings. The molecule has 104 valence electrons. The maximum atomic E-state index is 12.0. The van der Waals surface area contributed by atoms with E-state index in [2.05, 4.69) is 4.72 Å². The van der Waals surface area contributed by atoms with Crippen molar-refractivity contribution in [1.29, 1.82) is 0 Å². The molecule has 2 rings (SSSR count). The molecule has 2 aromatic heterocycles. The van der Waals surface area contributed by atoms with Gasteiger partial charge in [0.05, 0.1) is 10.4 Å². The smallest absolute Gasteiger partial charge is 0.250 e. The third kappa shape index (κ3) is 3.77. The second-order valence-corrected chi connectivity index (χ2v) is 8.18. The van der Waals surface area contributed by atoms with Gasteiger partial charge in [-0.05, 0) is 34.5 Å². The zero-order chi connectivity index (χ0) is 13.9. The van der Waals surface area contributed by atoms with Crippen LogP contribution in [0.25, 0.3) is 0 Å². The first-order chi connectivity index (χ1) is 9.03. The Balaban J connectivity index is 2.05. The van der Waals surface area contributed by atoms with Crippen LogP contribution in [0.5, 0.6) is 0 Å². The molecule has 1 N–H and O–H groups in total. The van der Waals surface area contributed by atoms with E-state index in [0.717, 1.165) is 16.9 Å². The molecule has 0 saturated carbocycles. The molecule has 0 fully saturated rings. The van der Waals surface area contributed by atoms with Crippen LogP contribution < -0.4 is 4.72 Å². The number of methoxy groups -OCH3 is 1. The van der Waals surface area contributed by atoms with E-state index in [9.17, 15) is 8.42 Å². The molecular formula is C11H12ClNO3S3. The molecule has 0 radical (unpaired) electrons. The molecule has 4 nitrogen and oxygen atoms in total. The normalized spacial score (nSPS) is 13.6. The SMILES string of the molecule is COC(CNS(=O)(=O)c1ccc(Cl)s1)c1ccsc1. The average molecular weight is 338 g/mol. The zero-order valence-corrected chi connectivity index (χ0v) is 13.2. The van der Waals surface area contributed by atoms with Gasteiger partial charge in [0.15, 0.2) is 0 Å². The number of thiophene rings is 2. The van der Waals surface area contributed by atoms with Crippen LogP contribution in [-0.4, -0.2) is 22.1 Å². The molecule has 8 heteroatoms. The van der Waals surface area contributed by atoms with E-state index in [1.54, 1.807) is 24.5 Å². The lowest BCUT2D eigenvalue weighted by Crippen LogP contribution is -2.28. The van der Waals surface area contributed by atoms with Gasteiger partial charge in [0.1, 0.15) is 4.21 Å². The fourth-order valence-corrected chi connectivity index (χ4v) is 4.76. The summed E-state index contributed by atoms with van der Waals surface area (Å²) >= 11 is 8.31. The van der Waals surface area contributed by atoms with Gasteiger partial charge in [-0.1, -0.05) is 11.6 Å². The Morgan fingerprint density at radius 2 is 2.21 bits per heavy atom. The minimum absolute atomic E-state index is 0.186. The van der Waals surface area contributed by atoms with Gasteiger partial charge in [0, 0.05) is 13.7 Å². The van der Waals surface area contributed by atoms with Crippen molar-refractivity contribution in [2.45, 2.75) is 10.3 Å². The first-order valence-corrected chi connectivity index (χ1v) is 8.95. The monoisotopic (exact) mass is 337 g/mol. The van der Waals surface area contributed by atoms with Crippen molar-refractivity contribution in [3.63, 3.8) is 0 Å². The van der Waals surface area contributed by atoms with Crippen LogP contribution in [0.4, 0.5) is 0 Å². The van der Waals surface area contributed by atoms with E-state index in [1.165, 1.54) is 6.07 Å². The molecule has 0 amide bonds. The maximum Gasteiger partial charge on any atom is 0.250 e. The molecular weight excluding hydrogens is 326 g/mol. The maximum absolute atomic E-state index is 12.0. The second kappa shape index (κ2) is 6.34. The minimum Gasteiger partial charge on any atom is -0.375 e. The number of hydrogen-bond donors (Lipinski definition) is 1. The summed E-state index contributed by atoms with van der Waals surface area (Å²) in [6.07, 6.45) is -0.295. The Morgan fingerprint density at radius 3 is 2.74 bits per heavy atom. The van der Waals surface area contributed by atoms with Crippen LogP contribution in [0.15, 0.2) is 33.2 Å². The van der Waals surface area contributed by atoms with Crippen LogP contribution in [-0.2, 0) is 14.8 Å². The van der Waals surface area contributed by atoms with Crippen molar-refractivity contribution in [2.24, 2.45) is 0 Å². The molecule has 0 aliphatic heterocycles. The molecule has 0 saturated heterocycles. The lowest BCUT2D eigenvalue weighted by molar-refractivity contribution is 0.107. The highest BCUT2D eigenvalue weighted by molar-refractivity contribution is 7.91. The van der Waals surface area contributed by atoms with Gasteiger partial charge in [0.25, 0.3) is 0 Å². The molecule has 0 aliphatic rings. The van der Waals surface area contributed by atoms with Crippen LogP contribution in [0.1, 0.15) is 11.7 Å². The van der Waals surface area contributed by atoms with Crippen LogP contribution in [0.2, 0.25) is 4.34 Å². The summed E-state index contributed by atoms with van der Waals surface area (Å²) in [6.45, 7) is 0.186. The summed E-state index contributed by atoms with van der Waals surface area (Å²) in [5.74, 6) is 0. The summed E-state index contributed by atoms with van der Waals surface area (Å²) in [6, 6.07) is 4.96. The van der Waals surface area contributed by atoms with Crippen LogP contribution in [0, 0.1) is 0 Å². The molecule has 1 atom stereocenters. The standard InChI is InChI=1S/C11H12ClNO3S3/c1-16-9(8-4-5-17-7-8)6-13-19(14,15)11-3-2-10(12)18-11/h2-5,7,9,13H,6H2,1H3. The number of rotatable bonds is 6. The van der Waals surface area contributed by atoms with Crippen molar-refractivity contribution in [1.82, 2.24) is 4.72 Å². The van der Waals surface area contributed by atoms with Crippen LogP contribution >= 0.6 is 34.3 Å². The highest BCUT2D eigenvalue weighted by Crippen LogP contribution is 2.26. The van der Waals surface area contributed by atoms with E-state index in [4.69, 9.17) is 16.3 Å². The molecule has 0 aliphatic carbocycles. The molecule has 19 heavy (non-hydrogen) atoms. The summed E-state index contributed by atoms with van der Waals surface area (Å²) in [4.78, 5) is 0. The second-order valence-electron chi connectivity index (χ2n) is 3.69. The van der Waals surface area contributed by atoms with Gasteiger partial charge in [-0.25, -0.2) is 13.1 Å². The topological polar surface area (TPSA) is 55.4 Å². The summed E-state index contributed by atoms with van der Waals surface area (Å²) in [7, 11) is -1.97.